The molecular weight excluding hydrogens is 356 g/mol. The molecular formula is C20H24N6O2. The molecule has 3 aromatic rings. The van der Waals surface area contributed by atoms with Gasteiger partial charge in [0.2, 0.25) is 0 Å². The normalized spacial score (nSPS) is 10.6. The Labute approximate surface area is 164 Å². The summed E-state index contributed by atoms with van der Waals surface area (Å²) in [6.45, 7) is 6.78. The van der Waals surface area contributed by atoms with E-state index in [-0.39, 0.29) is 5.91 Å². The number of benzene rings is 1. The van der Waals surface area contributed by atoms with Crippen molar-refractivity contribution < 1.29 is 9.53 Å². The summed E-state index contributed by atoms with van der Waals surface area (Å²) in [6, 6.07) is 8.99. The fraction of sp³-hybridized carbons (Fsp3) is 0.300. The number of ether oxygens (including phenoxy) is 1. The van der Waals surface area contributed by atoms with Crippen LogP contribution in [0.2, 0.25) is 0 Å². The number of nitrogens with zero attached hydrogens (tertiary/aromatic N) is 4. The Balaban J connectivity index is 1.61. The predicted octanol–water partition coefficient (Wildman–Crippen LogP) is 2.44. The molecule has 2 N–H and O–H groups in total. The Kier molecular flexibility index (Phi) is 5.88. The number of carbonyl (C=O) groups excluding carboxylic acids is 1. The summed E-state index contributed by atoms with van der Waals surface area (Å²) >= 11 is 0. The van der Waals surface area contributed by atoms with E-state index in [1.165, 1.54) is 0 Å². The van der Waals surface area contributed by atoms with Crippen LogP contribution in [0.1, 0.15) is 27.6 Å². The highest BCUT2D eigenvalue weighted by molar-refractivity contribution is 5.96. The molecule has 8 nitrogen and oxygen atoms in total. The summed E-state index contributed by atoms with van der Waals surface area (Å²) in [5, 5.41) is 6.10. The SMILES string of the molecule is COc1ccccc1C(=O)NCCNc1cc(-n2cnc(C)c2C)nc(C)n1. The van der Waals surface area contributed by atoms with Crippen LogP contribution < -0.4 is 15.4 Å². The van der Waals surface area contributed by atoms with Gasteiger partial charge < -0.3 is 15.4 Å². The highest BCUT2D eigenvalue weighted by Crippen LogP contribution is 2.17. The first-order valence-corrected chi connectivity index (χ1v) is 9.01. The average Bonchev–Trinajstić information content (AvgIpc) is 3.03. The van der Waals surface area contributed by atoms with Crippen LogP contribution in [-0.4, -0.2) is 45.6 Å². The molecule has 0 unspecified atom stereocenters. The van der Waals surface area contributed by atoms with E-state index in [9.17, 15) is 4.79 Å². The maximum Gasteiger partial charge on any atom is 0.255 e. The van der Waals surface area contributed by atoms with Crippen LogP contribution in [0, 0.1) is 20.8 Å². The average molecular weight is 380 g/mol. The van der Waals surface area contributed by atoms with Gasteiger partial charge in [0.1, 0.15) is 29.5 Å². The van der Waals surface area contributed by atoms with E-state index in [1.54, 1.807) is 31.6 Å². The van der Waals surface area contributed by atoms with Gasteiger partial charge >= 0.3 is 0 Å². The molecule has 2 heterocycles. The first kappa shape index (κ1) is 19.3. The second-order valence-electron chi connectivity index (χ2n) is 6.33. The molecule has 0 aliphatic carbocycles. The third-order valence-electron chi connectivity index (χ3n) is 4.39. The van der Waals surface area contributed by atoms with Crippen molar-refractivity contribution in [2.24, 2.45) is 0 Å². The third kappa shape index (κ3) is 4.28. The van der Waals surface area contributed by atoms with Crippen LogP contribution in [-0.2, 0) is 0 Å². The molecule has 0 saturated heterocycles. The number of rotatable bonds is 7. The van der Waals surface area contributed by atoms with Crippen molar-refractivity contribution >= 4 is 11.7 Å². The molecule has 8 heteroatoms. The highest BCUT2D eigenvalue weighted by atomic mass is 16.5. The second kappa shape index (κ2) is 8.51. The topological polar surface area (TPSA) is 94.0 Å². The van der Waals surface area contributed by atoms with Crippen molar-refractivity contribution in [1.82, 2.24) is 24.8 Å². The number of carbonyl (C=O) groups is 1. The Morgan fingerprint density at radius 2 is 1.93 bits per heavy atom. The minimum absolute atomic E-state index is 0.177. The Hall–Kier alpha value is -3.42. The molecule has 3 rings (SSSR count). The van der Waals surface area contributed by atoms with Crippen molar-refractivity contribution in [3.63, 3.8) is 0 Å². The van der Waals surface area contributed by atoms with Gasteiger partial charge in [0.05, 0.1) is 18.4 Å². The van der Waals surface area contributed by atoms with Crippen LogP contribution in [0.5, 0.6) is 5.75 Å². The summed E-state index contributed by atoms with van der Waals surface area (Å²) in [6.07, 6.45) is 1.75. The van der Waals surface area contributed by atoms with E-state index in [4.69, 9.17) is 4.74 Å². The summed E-state index contributed by atoms with van der Waals surface area (Å²) in [7, 11) is 1.55. The molecule has 28 heavy (non-hydrogen) atoms. The fourth-order valence-electron chi connectivity index (χ4n) is 2.79. The quantitative estimate of drug-likeness (QED) is 0.612. The molecule has 0 fully saturated rings. The lowest BCUT2D eigenvalue weighted by atomic mass is 10.2. The largest absolute Gasteiger partial charge is 0.496 e. The summed E-state index contributed by atoms with van der Waals surface area (Å²) in [5.41, 5.74) is 2.51. The van der Waals surface area contributed by atoms with Crippen LogP contribution in [0.3, 0.4) is 0 Å². The number of aryl methyl sites for hydroxylation is 2. The summed E-state index contributed by atoms with van der Waals surface area (Å²) in [4.78, 5) is 25.5. The van der Waals surface area contributed by atoms with Gasteiger partial charge in [0.25, 0.3) is 5.91 Å². The van der Waals surface area contributed by atoms with Gasteiger partial charge in [-0.3, -0.25) is 9.36 Å². The lowest BCUT2D eigenvalue weighted by Crippen LogP contribution is -2.29. The maximum absolute atomic E-state index is 12.3. The number of hydrogen-bond acceptors (Lipinski definition) is 6. The molecule has 0 aliphatic rings. The van der Waals surface area contributed by atoms with Crippen molar-refractivity contribution in [2.75, 3.05) is 25.5 Å². The van der Waals surface area contributed by atoms with Crippen molar-refractivity contribution in [1.29, 1.82) is 0 Å². The van der Waals surface area contributed by atoms with Crippen molar-refractivity contribution in [2.45, 2.75) is 20.8 Å². The lowest BCUT2D eigenvalue weighted by molar-refractivity contribution is 0.0952. The number of hydrogen-bond donors (Lipinski definition) is 2. The minimum Gasteiger partial charge on any atom is -0.496 e. The number of anilines is 1. The number of aromatic nitrogens is 4. The van der Waals surface area contributed by atoms with Crippen molar-refractivity contribution in [3.05, 3.63) is 59.4 Å². The van der Waals surface area contributed by atoms with Crippen LogP contribution in [0.25, 0.3) is 5.82 Å². The molecule has 0 radical (unpaired) electrons. The zero-order chi connectivity index (χ0) is 20.1. The van der Waals surface area contributed by atoms with Gasteiger partial charge in [-0.1, -0.05) is 12.1 Å². The van der Waals surface area contributed by atoms with E-state index >= 15 is 0 Å². The first-order chi connectivity index (χ1) is 13.5. The maximum atomic E-state index is 12.3. The minimum atomic E-state index is -0.177. The zero-order valence-corrected chi connectivity index (χ0v) is 16.5. The zero-order valence-electron chi connectivity index (χ0n) is 16.5. The van der Waals surface area contributed by atoms with Gasteiger partial charge in [-0.15, -0.1) is 0 Å². The molecule has 0 bridgehead atoms. The summed E-state index contributed by atoms with van der Waals surface area (Å²) < 4.78 is 7.15. The molecule has 0 aliphatic heterocycles. The fourth-order valence-corrected chi connectivity index (χ4v) is 2.79. The van der Waals surface area contributed by atoms with E-state index in [0.717, 1.165) is 17.2 Å². The number of para-hydroxylation sites is 1. The van der Waals surface area contributed by atoms with Gasteiger partial charge in [-0.25, -0.2) is 15.0 Å². The Morgan fingerprint density at radius 1 is 1.14 bits per heavy atom. The van der Waals surface area contributed by atoms with E-state index in [2.05, 4.69) is 25.6 Å². The summed E-state index contributed by atoms with van der Waals surface area (Å²) in [5.74, 6) is 2.48. The Bertz CT molecular complexity index is 983. The van der Waals surface area contributed by atoms with Crippen LogP contribution in [0.15, 0.2) is 36.7 Å². The predicted molar refractivity (Wildman–Crippen MR) is 107 cm³/mol. The second-order valence-corrected chi connectivity index (χ2v) is 6.33. The number of amides is 1. The smallest absolute Gasteiger partial charge is 0.255 e. The van der Waals surface area contributed by atoms with Gasteiger partial charge in [0.15, 0.2) is 0 Å². The van der Waals surface area contributed by atoms with Gasteiger partial charge in [-0.05, 0) is 32.9 Å². The van der Waals surface area contributed by atoms with Crippen LogP contribution in [0.4, 0.5) is 5.82 Å². The number of methoxy groups -OCH3 is 1. The lowest BCUT2D eigenvalue weighted by Gasteiger charge is -2.11. The molecule has 0 atom stereocenters. The molecule has 2 aromatic heterocycles. The van der Waals surface area contributed by atoms with Crippen molar-refractivity contribution in [3.8, 4) is 11.6 Å². The van der Waals surface area contributed by atoms with E-state index in [1.807, 2.05) is 37.5 Å². The Morgan fingerprint density at radius 3 is 2.64 bits per heavy atom. The van der Waals surface area contributed by atoms with E-state index in [0.29, 0.717) is 36.0 Å². The molecule has 1 amide bonds. The molecule has 0 saturated carbocycles. The number of nitrogens with one attached hydrogen (secondary N) is 2. The standard InChI is InChI=1S/C20H24N6O2/c1-13-14(2)26(12-23-13)19-11-18(24-15(3)25-19)21-9-10-22-20(27)16-7-5-6-8-17(16)28-4/h5-8,11-12H,9-10H2,1-4H3,(H,22,27)(H,21,24,25). The van der Waals surface area contributed by atoms with Crippen LogP contribution >= 0.6 is 0 Å². The van der Waals surface area contributed by atoms with Gasteiger partial charge in [-0.2, -0.15) is 0 Å². The monoisotopic (exact) mass is 380 g/mol. The molecule has 1 aromatic carbocycles. The van der Waals surface area contributed by atoms with Gasteiger partial charge in [0, 0.05) is 24.8 Å². The molecule has 0 spiro atoms. The van der Waals surface area contributed by atoms with E-state index < -0.39 is 0 Å². The number of imidazole rings is 1. The highest BCUT2D eigenvalue weighted by Gasteiger charge is 2.11. The molecule has 146 valence electrons. The third-order valence-corrected chi connectivity index (χ3v) is 4.39. The first-order valence-electron chi connectivity index (χ1n) is 9.01.